The molecule has 17 heavy (non-hydrogen) atoms. The highest BCUT2D eigenvalue weighted by atomic mass is 16.3. The summed E-state index contributed by atoms with van der Waals surface area (Å²) in [5, 5.41) is 8.98. The predicted octanol–water partition coefficient (Wildman–Crippen LogP) is 2.08. The second-order valence-electron chi connectivity index (χ2n) is 4.22. The fourth-order valence-electron chi connectivity index (χ4n) is 2.27. The Kier molecular flexibility index (Phi) is 2.53. The number of aliphatic imine (C=N–C) groups is 1. The maximum Gasteiger partial charge on any atom is 0.0660 e. The summed E-state index contributed by atoms with van der Waals surface area (Å²) < 4.78 is 2.03. The topological polar surface area (TPSA) is 37.5 Å². The average molecular weight is 226 g/mol. The molecule has 0 amide bonds. The third-order valence-corrected chi connectivity index (χ3v) is 3.06. The summed E-state index contributed by atoms with van der Waals surface area (Å²) in [6.07, 6.45) is 6.11. The van der Waals surface area contributed by atoms with Gasteiger partial charge in [0.1, 0.15) is 0 Å². The van der Waals surface area contributed by atoms with Crippen molar-refractivity contribution in [2.45, 2.75) is 13.1 Å². The zero-order valence-corrected chi connectivity index (χ0v) is 9.50. The normalized spacial score (nSPS) is 13.0. The lowest BCUT2D eigenvalue weighted by molar-refractivity contribution is 0.276. The monoisotopic (exact) mass is 226 g/mol. The summed E-state index contributed by atoms with van der Waals surface area (Å²) in [4.78, 5) is 4.43. The van der Waals surface area contributed by atoms with Gasteiger partial charge in [-0.1, -0.05) is 24.3 Å². The number of rotatable bonds is 2. The van der Waals surface area contributed by atoms with Crippen molar-refractivity contribution in [2.24, 2.45) is 4.99 Å². The highest BCUT2D eigenvalue weighted by Crippen LogP contribution is 2.29. The van der Waals surface area contributed by atoms with Crippen LogP contribution in [0.5, 0.6) is 0 Å². The molecule has 0 spiro atoms. The van der Waals surface area contributed by atoms with Crippen molar-refractivity contribution in [3.05, 3.63) is 47.8 Å². The van der Waals surface area contributed by atoms with E-state index in [0.29, 0.717) is 13.1 Å². The molecular weight excluding hydrogens is 212 g/mol. The second-order valence-corrected chi connectivity index (χ2v) is 4.22. The van der Waals surface area contributed by atoms with Crippen molar-refractivity contribution in [2.75, 3.05) is 6.61 Å². The first-order valence-electron chi connectivity index (χ1n) is 5.77. The van der Waals surface area contributed by atoms with Gasteiger partial charge in [0.15, 0.2) is 0 Å². The molecule has 0 radical (unpaired) electrons. The van der Waals surface area contributed by atoms with E-state index in [4.69, 9.17) is 5.11 Å². The lowest BCUT2D eigenvalue weighted by Crippen LogP contribution is -1.98. The van der Waals surface area contributed by atoms with E-state index in [9.17, 15) is 0 Å². The minimum atomic E-state index is 0.165. The van der Waals surface area contributed by atoms with Gasteiger partial charge in [0, 0.05) is 36.3 Å². The van der Waals surface area contributed by atoms with Crippen LogP contribution in [0, 0.1) is 0 Å². The Hall–Kier alpha value is -1.87. The lowest BCUT2D eigenvalue weighted by Gasteiger charge is -2.02. The number of benzene rings is 1. The van der Waals surface area contributed by atoms with Crippen LogP contribution in [0.1, 0.15) is 11.1 Å². The summed E-state index contributed by atoms with van der Waals surface area (Å²) in [6.45, 7) is 1.51. The Morgan fingerprint density at radius 1 is 1.18 bits per heavy atom. The van der Waals surface area contributed by atoms with E-state index in [1.165, 1.54) is 16.7 Å². The first kappa shape index (κ1) is 10.3. The zero-order valence-electron chi connectivity index (χ0n) is 9.50. The summed E-state index contributed by atoms with van der Waals surface area (Å²) >= 11 is 0. The molecule has 86 valence electrons. The molecule has 3 nitrogen and oxygen atoms in total. The summed E-state index contributed by atoms with van der Waals surface area (Å²) in [5.74, 6) is 0. The number of aliphatic hydroxyl groups excluding tert-OH is 1. The van der Waals surface area contributed by atoms with Gasteiger partial charge >= 0.3 is 0 Å². The number of hydrogen-bond donors (Lipinski definition) is 1. The van der Waals surface area contributed by atoms with Crippen LogP contribution < -0.4 is 0 Å². The fourth-order valence-corrected chi connectivity index (χ4v) is 2.27. The Bertz CT molecular complexity index is 569. The third-order valence-electron chi connectivity index (χ3n) is 3.06. The molecule has 0 saturated carbocycles. The molecule has 3 rings (SSSR count). The van der Waals surface area contributed by atoms with E-state index < -0.39 is 0 Å². The van der Waals surface area contributed by atoms with Crippen LogP contribution >= 0.6 is 0 Å². The van der Waals surface area contributed by atoms with Gasteiger partial charge in [-0.25, -0.2) is 0 Å². The first-order chi connectivity index (χ1) is 8.38. The first-order valence-corrected chi connectivity index (χ1v) is 5.77. The molecule has 1 aromatic heterocycles. The molecule has 0 unspecified atom stereocenters. The molecule has 0 saturated heterocycles. The van der Waals surface area contributed by atoms with Crippen molar-refractivity contribution in [1.29, 1.82) is 0 Å². The molecule has 0 fully saturated rings. The number of fused-ring (bicyclic) bond motifs is 3. The van der Waals surface area contributed by atoms with E-state index in [0.717, 1.165) is 5.56 Å². The predicted molar refractivity (Wildman–Crippen MR) is 68.3 cm³/mol. The molecule has 1 aromatic carbocycles. The number of aliphatic hydroxyl groups is 1. The van der Waals surface area contributed by atoms with Crippen LogP contribution in [0.15, 0.2) is 41.7 Å². The molecule has 2 aromatic rings. The van der Waals surface area contributed by atoms with Gasteiger partial charge in [-0.2, -0.15) is 0 Å². The molecule has 0 bridgehead atoms. The quantitative estimate of drug-likeness (QED) is 0.836. The number of aromatic nitrogens is 1. The Morgan fingerprint density at radius 3 is 2.94 bits per heavy atom. The third kappa shape index (κ3) is 1.78. The van der Waals surface area contributed by atoms with Crippen LogP contribution in [0.2, 0.25) is 0 Å². The SMILES string of the molecule is OCCn1cc2c(c1)-c1ccccc1C=NC2. The van der Waals surface area contributed by atoms with E-state index in [-0.39, 0.29) is 6.61 Å². The molecule has 0 atom stereocenters. The Morgan fingerprint density at radius 2 is 2.06 bits per heavy atom. The standard InChI is InChI=1S/C14H14N2O/c17-6-5-16-9-12-8-15-7-11-3-1-2-4-13(11)14(12)10-16/h1-4,7,9-10,17H,5-6,8H2. The number of hydrogen-bond acceptors (Lipinski definition) is 2. The van der Waals surface area contributed by atoms with Crippen molar-refractivity contribution in [3.63, 3.8) is 0 Å². The zero-order chi connectivity index (χ0) is 11.7. The van der Waals surface area contributed by atoms with Crippen LogP contribution in [0.25, 0.3) is 11.1 Å². The number of nitrogens with zero attached hydrogens (tertiary/aromatic N) is 2. The summed E-state index contributed by atoms with van der Waals surface area (Å²) in [7, 11) is 0. The second kappa shape index (κ2) is 4.18. The van der Waals surface area contributed by atoms with Crippen LogP contribution in [0.3, 0.4) is 0 Å². The minimum absolute atomic E-state index is 0.165. The van der Waals surface area contributed by atoms with Crippen molar-refractivity contribution in [3.8, 4) is 11.1 Å². The molecule has 1 N–H and O–H groups in total. The molecule has 1 aliphatic rings. The van der Waals surface area contributed by atoms with E-state index >= 15 is 0 Å². The van der Waals surface area contributed by atoms with Crippen LogP contribution in [-0.4, -0.2) is 22.5 Å². The fraction of sp³-hybridized carbons (Fsp3) is 0.214. The highest BCUT2D eigenvalue weighted by Gasteiger charge is 2.13. The highest BCUT2D eigenvalue weighted by molar-refractivity contribution is 5.92. The molecule has 0 aliphatic carbocycles. The van der Waals surface area contributed by atoms with Crippen molar-refractivity contribution < 1.29 is 5.11 Å². The molecule has 1 aliphatic heterocycles. The lowest BCUT2D eigenvalue weighted by atomic mass is 10.0. The van der Waals surface area contributed by atoms with Gasteiger partial charge in [-0.05, 0) is 11.1 Å². The van der Waals surface area contributed by atoms with Gasteiger partial charge in [-0.3, -0.25) is 4.99 Å². The van der Waals surface area contributed by atoms with E-state index in [1.807, 2.05) is 22.9 Å². The minimum Gasteiger partial charge on any atom is -0.395 e. The van der Waals surface area contributed by atoms with Gasteiger partial charge in [0.2, 0.25) is 0 Å². The molecular formula is C14H14N2O. The Balaban J connectivity index is 2.15. The van der Waals surface area contributed by atoms with Gasteiger partial charge in [0.25, 0.3) is 0 Å². The molecule has 2 heterocycles. The largest absolute Gasteiger partial charge is 0.395 e. The molecule has 3 heteroatoms. The maximum atomic E-state index is 8.98. The van der Waals surface area contributed by atoms with Crippen molar-refractivity contribution >= 4 is 6.21 Å². The van der Waals surface area contributed by atoms with Crippen LogP contribution in [0.4, 0.5) is 0 Å². The van der Waals surface area contributed by atoms with Crippen molar-refractivity contribution in [1.82, 2.24) is 4.57 Å². The van der Waals surface area contributed by atoms with Gasteiger partial charge in [0.05, 0.1) is 13.2 Å². The summed E-state index contributed by atoms with van der Waals surface area (Å²) in [5.41, 5.74) is 4.83. The van der Waals surface area contributed by atoms with E-state index in [1.54, 1.807) is 0 Å². The Labute approximate surface area is 100 Å². The smallest absolute Gasteiger partial charge is 0.0660 e. The maximum absolute atomic E-state index is 8.98. The van der Waals surface area contributed by atoms with Gasteiger partial charge < -0.3 is 9.67 Å². The van der Waals surface area contributed by atoms with Gasteiger partial charge in [-0.15, -0.1) is 0 Å². The van der Waals surface area contributed by atoms with Crippen LogP contribution in [-0.2, 0) is 13.1 Å². The van der Waals surface area contributed by atoms with E-state index in [2.05, 4.69) is 29.5 Å². The summed E-state index contributed by atoms with van der Waals surface area (Å²) in [6, 6.07) is 8.28. The average Bonchev–Trinajstić information content (AvgIpc) is 2.66.